The van der Waals surface area contributed by atoms with Gasteiger partial charge in [0.05, 0.1) is 11.1 Å². The molecular formula is C28H22FN2O+. The van der Waals surface area contributed by atoms with Crippen LogP contribution in [0.15, 0.2) is 83.5 Å². The lowest BCUT2D eigenvalue weighted by molar-refractivity contribution is -0.660. The Morgan fingerprint density at radius 2 is 1.66 bits per heavy atom. The van der Waals surface area contributed by atoms with Crippen molar-refractivity contribution in [2.24, 2.45) is 14.1 Å². The van der Waals surface area contributed by atoms with Gasteiger partial charge >= 0.3 is 0 Å². The molecule has 0 amide bonds. The van der Waals surface area contributed by atoms with Crippen LogP contribution in [0.25, 0.3) is 55.2 Å². The average molecular weight is 421 g/mol. The number of halogens is 1. The Bertz CT molecular complexity index is 1670. The molecule has 3 heterocycles. The summed E-state index contributed by atoms with van der Waals surface area (Å²) in [5.41, 5.74) is 6.95. The quantitative estimate of drug-likeness (QED) is 0.286. The predicted octanol–water partition coefficient (Wildman–Crippen LogP) is 6.68. The highest BCUT2D eigenvalue weighted by molar-refractivity contribution is 6.13. The lowest BCUT2D eigenvalue weighted by Gasteiger charge is -2.06. The summed E-state index contributed by atoms with van der Waals surface area (Å²) in [6.07, 6.45) is 4.04. The molecule has 0 fully saturated rings. The van der Waals surface area contributed by atoms with E-state index in [0.717, 1.165) is 49.6 Å². The Balaban J connectivity index is 1.71. The average Bonchev–Trinajstić information content (AvgIpc) is 3.34. The number of aromatic nitrogens is 2. The summed E-state index contributed by atoms with van der Waals surface area (Å²) < 4.78 is 25.9. The first-order chi connectivity index (χ1) is 15.5. The molecule has 3 aromatic carbocycles. The molecule has 0 radical (unpaired) electrons. The van der Waals surface area contributed by atoms with Crippen molar-refractivity contribution in [1.29, 1.82) is 0 Å². The molecule has 0 atom stereocenters. The van der Waals surface area contributed by atoms with Gasteiger partial charge in [0.25, 0.3) is 0 Å². The Kier molecular flexibility index (Phi) is 3.99. The van der Waals surface area contributed by atoms with Crippen LogP contribution in [0, 0.1) is 12.7 Å². The van der Waals surface area contributed by atoms with Crippen LogP contribution in [0.2, 0.25) is 0 Å². The Labute approximate surface area is 184 Å². The number of rotatable bonds is 2. The third-order valence-corrected chi connectivity index (χ3v) is 6.45. The SMILES string of the molecule is Cc1ccc2c(oc3c(-c4ccc5ccn(C)c5c4)c(F)ccc32)c1-c1cccc[n+]1C. The molecule has 3 aromatic heterocycles. The molecule has 0 bridgehead atoms. The van der Waals surface area contributed by atoms with Crippen LogP contribution >= 0.6 is 0 Å². The first kappa shape index (κ1) is 18.8. The highest BCUT2D eigenvalue weighted by Gasteiger charge is 2.23. The van der Waals surface area contributed by atoms with Gasteiger partial charge in [-0.25, -0.2) is 8.96 Å². The minimum absolute atomic E-state index is 0.284. The Hall–Kier alpha value is -3.92. The number of aryl methyl sites for hydroxylation is 3. The number of fused-ring (bicyclic) bond motifs is 4. The molecule has 32 heavy (non-hydrogen) atoms. The largest absolute Gasteiger partial charge is 0.454 e. The van der Waals surface area contributed by atoms with Gasteiger partial charge in [-0.3, -0.25) is 0 Å². The number of furan rings is 1. The summed E-state index contributed by atoms with van der Waals surface area (Å²) in [6, 6.07) is 21.8. The van der Waals surface area contributed by atoms with E-state index in [1.54, 1.807) is 6.07 Å². The van der Waals surface area contributed by atoms with Crippen molar-refractivity contribution in [2.75, 3.05) is 0 Å². The number of nitrogens with zero attached hydrogens (tertiary/aromatic N) is 2. The lowest BCUT2D eigenvalue weighted by atomic mass is 9.98. The third-order valence-electron chi connectivity index (χ3n) is 6.45. The maximum absolute atomic E-state index is 15.3. The van der Waals surface area contributed by atoms with E-state index >= 15 is 4.39 Å². The second-order valence-corrected chi connectivity index (χ2v) is 8.43. The number of benzene rings is 3. The lowest BCUT2D eigenvalue weighted by Crippen LogP contribution is -2.30. The number of hydrogen-bond acceptors (Lipinski definition) is 1. The Morgan fingerprint density at radius 1 is 0.875 bits per heavy atom. The zero-order valence-electron chi connectivity index (χ0n) is 18.2. The highest BCUT2D eigenvalue weighted by Crippen LogP contribution is 2.41. The molecule has 0 N–H and O–H groups in total. The fraction of sp³-hybridized carbons (Fsp3) is 0.107. The molecule has 6 rings (SSSR count). The maximum atomic E-state index is 15.3. The van der Waals surface area contributed by atoms with Crippen molar-refractivity contribution in [3.63, 3.8) is 0 Å². The number of hydrogen-bond donors (Lipinski definition) is 0. The van der Waals surface area contributed by atoms with Crippen LogP contribution in [-0.4, -0.2) is 4.57 Å². The molecule has 0 aliphatic carbocycles. The predicted molar refractivity (Wildman–Crippen MR) is 127 cm³/mol. The van der Waals surface area contributed by atoms with E-state index < -0.39 is 0 Å². The molecule has 156 valence electrons. The van der Waals surface area contributed by atoms with Crippen LogP contribution in [0.3, 0.4) is 0 Å². The molecule has 0 spiro atoms. The second kappa shape index (κ2) is 6.79. The molecular weight excluding hydrogens is 399 g/mol. The monoisotopic (exact) mass is 421 g/mol. The van der Waals surface area contributed by atoms with Gasteiger partial charge < -0.3 is 8.98 Å². The first-order valence-electron chi connectivity index (χ1n) is 10.7. The van der Waals surface area contributed by atoms with Crippen molar-refractivity contribution in [3.05, 3.63) is 90.5 Å². The van der Waals surface area contributed by atoms with Crippen molar-refractivity contribution in [2.45, 2.75) is 6.92 Å². The van der Waals surface area contributed by atoms with Crippen LogP contribution in [0.4, 0.5) is 4.39 Å². The van der Waals surface area contributed by atoms with Gasteiger partial charge in [0, 0.05) is 41.7 Å². The number of pyridine rings is 1. The van der Waals surface area contributed by atoms with Gasteiger partial charge in [0.2, 0.25) is 5.69 Å². The fourth-order valence-electron chi connectivity index (χ4n) is 4.77. The van der Waals surface area contributed by atoms with E-state index in [4.69, 9.17) is 4.42 Å². The van der Waals surface area contributed by atoms with Gasteiger partial charge in [-0.1, -0.05) is 24.3 Å². The highest BCUT2D eigenvalue weighted by atomic mass is 19.1. The second-order valence-electron chi connectivity index (χ2n) is 8.43. The maximum Gasteiger partial charge on any atom is 0.216 e. The van der Waals surface area contributed by atoms with Gasteiger partial charge in [-0.15, -0.1) is 0 Å². The van der Waals surface area contributed by atoms with Gasteiger partial charge in [-0.05, 0) is 53.8 Å². The van der Waals surface area contributed by atoms with E-state index in [2.05, 4.69) is 35.8 Å². The molecule has 0 aliphatic rings. The summed E-state index contributed by atoms with van der Waals surface area (Å²) >= 11 is 0. The van der Waals surface area contributed by atoms with Gasteiger partial charge in [0.15, 0.2) is 6.20 Å². The van der Waals surface area contributed by atoms with E-state index in [1.807, 2.05) is 67.5 Å². The topological polar surface area (TPSA) is 21.9 Å². The van der Waals surface area contributed by atoms with Gasteiger partial charge in [-0.2, -0.15) is 0 Å². The van der Waals surface area contributed by atoms with Crippen molar-refractivity contribution >= 4 is 32.8 Å². The normalized spacial score (nSPS) is 11.8. The molecule has 3 nitrogen and oxygen atoms in total. The smallest absolute Gasteiger partial charge is 0.216 e. The molecule has 0 saturated carbocycles. The standard InChI is InChI=1S/C28H22FN2O/c1-17-7-10-20-21-11-12-22(29)26(19-9-8-18-13-15-31(3)24(18)16-19)28(21)32-27(20)25(17)23-6-4-5-14-30(23)2/h4-16H,1-3H3/q+1. The first-order valence-corrected chi connectivity index (χ1v) is 10.7. The summed E-state index contributed by atoms with van der Waals surface area (Å²) in [7, 11) is 4.02. The van der Waals surface area contributed by atoms with E-state index in [1.165, 1.54) is 0 Å². The zero-order valence-corrected chi connectivity index (χ0v) is 18.2. The fourth-order valence-corrected chi connectivity index (χ4v) is 4.77. The Morgan fingerprint density at radius 3 is 2.47 bits per heavy atom. The summed E-state index contributed by atoms with van der Waals surface area (Å²) in [5.74, 6) is -0.284. The van der Waals surface area contributed by atoms with Crippen LogP contribution in [0.5, 0.6) is 0 Å². The van der Waals surface area contributed by atoms with Crippen LogP contribution < -0.4 is 4.57 Å². The van der Waals surface area contributed by atoms with E-state index in [9.17, 15) is 0 Å². The summed E-state index contributed by atoms with van der Waals surface area (Å²) in [4.78, 5) is 0. The van der Waals surface area contributed by atoms with Gasteiger partial charge in [0.1, 0.15) is 24.0 Å². The minimum atomic E-state index is -0.284. The molecule has 0 aliphatic heterocycles. The van der Waals surface area contributed by atoms with E-state index in [0.29, 0.717) is 11.1 Å². The van der Waals surface area contributed by atoms with E-state index in [-0.39, 0.29) is 5.82 Å². The summed E-state index contributed by atoms with van der Waals surface area (Å²) in [5, 5.41) is 3.04. The molecule has 0 unspecified atom stereocenters. The van der Waals surface area contributed by atoms with Crippen molar-refractivity contribution in [1.82, 2.24) is 4.57 Å². The van der Waals surface area contributed by atoms with Crippen LogP contribution in [-0.2, 0) is 14.1 Å². The molecule has 6 aromatic rings. The minimum Gasteiger partial charge on any atom is -0.454 e. The molecule has 4 heteroatoms. The van der Waals surface area contributed by atoms with Crippen molar-refractivity contribution < 1.29 is 13.4 Å². The zero-order chi connectivity index (χ0) is 22.0. The van der Waals surface area contributed by atoms with Crippen molar-refractivity contribution in [3.8, 4) is 22.4 Å². The summed E-state index contributed by atoms with van der Waals surface area (Å²) in [6.45, 7) is 2.08. The van der Waals surface area contributed by atoms with Crippen LogP contribution in [0.1, 0.15) is 5.56 Å². The molecule has 0 saturated heterocycles. The third kappa shape index (κ3) is 2.62.